The fraction of sp³-hybridized carbons (Fsp3) is 0.400. The number of benzene rings is 1. The predicted molar refractivity (Wildman–Crippen MR) is 124 cm³/mol. The van der Waals surface area contributed by atoms with E-state index in [0.717, 1.165) is 36.1 Å². The summed E-state index contributed by atoms with van der Waals surface area (Å²) in [7, 11) is 1.80. The lowest BCUT2D eigenvalue weighted by atomic mass is 9.98. The van der Waals surface area contributed by atoms with E-state index in [2.05, 4.69) is 5.10 Å². The second kappa shape index (κ2) is 8.77. The minimum atomic E-state index is -0.217. The van der Waals surface area contributed by atoms with Crippen LogP contribution in [0.1, 0.15) is 64.7 Å². The zero-order valence-corrected chi connectivity index (χ0v) is 19.1. The first-order valence-electron chi connectivity index (χ1n) is 11.5. The molecule has 2 aliphatic rings. The van der Waals surface area contributed by atoms with Gasteiger partial charge in [0.25, 0.3) is 5.91 Å². The molecule has 2 aromatic heterocycles. The van der Waals surface area contributed by atoms with E-state index < -0.39 is 0 Å². The maximum Gasteiger partial charge on any atom is 0.257 e. The number of hydrogen-bond acceptors (Lipinski definition) is 5. The minimum Gasteiger partial charge on any atom is -0.328 e. The van der Waals surface area contributed by atoms with Gasteiger partial charge in [-0.15, -0.1) is 0 Å². The second-order valence-electron chi connectivity index (χ2n) is 8.85. The van der Waals surface area contributed by atoms with Gasteiger partial charge in [-0.1, -0.05) is 30.3 Å². The number of carbonyl (C=O) groups excluding carboxylic acids is 2. The van der Waals surface area contributed by atoms with Crippen LogP contribution in [0.3, 0.4) is 0 Å². The summed E-state index contributed by atoms with van der Waals surface area (Å²) >= 11 is 0. The molecular weight excluding hydrogens is 416 g/mol. The quantitative estimate of drug-likeness (QED) is 0.616. The number of fused-ring (bicyclic) bond motifs is 1. The number of aromatic nitrogens is 4. The van der Waals surface area contributed by atoms with Gasteiger partial charge < -0.3 is 4.90 Å². The molecule has 0 radical (unpaired) electrons. The average Bonchev–Trinajstić information content (AvgIpc) is 3.27. The summed E-state index contributed by atoms with van der Waals surface area (Å²) in [6.07, 6.45) is 7.21. The average molecular weight is 445 g/mol. The molecule has 1 saturated heterocycles. The van der Waals surface area contributed by atoms with Gasteiger partial charge in [0.15, 0.2) is 5.82 Å². The van der Waals surface area contributed by atoms with Crippen LogP contribution in [0.5, 0.6) is 0 Å². The predicted octanol–water partition coefficient (Wildman–Crippen LogP) is 3.37. The smallest absolute Gasteiger partial charge is 0.257 e. The molecule has 0 spiro atoms. The standard InChI is InChI=1S/C25H28N6O2/c1-17-20-11-12-22(32)31(15-18-8-4-3-5-9-18)24(20)28-23(27-17)21-10-6-7-13-30(21)25(33)19-14-26-29(2)16-19/h3-5,8-9,14,16,21H,6-7,10-13,15H2,1-2H3/t21-/m1/s1. The zero-order valence-electron chi connectivity index (χ0n) is 19.1. The summed E-state index contributed by atoms with van der Waals surface area (Å²) in [4.78, 5) is 39.6. The first-order valence-corrected chi connectivity index (χ1v) is 11.5. The lowest BCUT2D eigenvalue weighted by Crippen LogP contribution is -2.40. The lowest BCUT2D eigenvalue weighted by molar-refractivity contribution is -0.119. The number of anilines is 1. The summed E-state index contributed by atoms with van der Waals surface area (Å²) in [6.45, 7) is 3.12. The molecule has 2 aliphatic heterocycles. The van der Waals surface area contributed by atoms with E-state index >= 15 is 0 Å². The molecule has 33 heavy (non-hydrogen) atoms. The molecule has 2 amide bonds. The van der Waals surface area contributed by atoms with Crippen molar-refractivity contribution in [1.29, 1.82) is 0 Å². The van der Waals surface area contributed by atoms with Gasteiger partial charge in [0.1, 0.15) is 5.82 Å². The Morgan fingerprint density at radius 3 is 2.70 bits per heavy atom. The van der Waals surface area contributed by atoms with E-state index in [0.29, 0.717) is 43.1 Å². The number of rotatable bonds is 4. The molecule has 3 aromatic rings. The third kappa shape index (κ3) is 4.13. The summed E-state index contributed by atoms with van der Waals surface area (Å²) in [5.74, 6) is 1.33. The van der Waals surface area contributed by atoms with Crippen molar-refractivity contribution in [3.8, 4) is 0 Å². The number of amides is 2. The van der Waals surface area contributed by atoms with Crippen molar-refractivity contribution < 1.29 is 9.59 Å². The third-order valence-electron chi connectivity index (χ3n) is 6.55. The van der Waals surface area contributed by atoms with E-state index in [1.807, 2.05) is 42.2 Å². The van der Waals surface area contributed by atoms with Gasteiger partial charge in [-0.05, 0) is 38.2 Å². The van der Waals surface area contributed by atoms with Crippen LogP contribution >= 0.6 is 0 Å². The van der Waals surface area contributed by atoms with Crippen molar-refractivity contribution >= 4 is 17.6 Å². The van der Waals surface area contributed by atoms with Crippen LogP contribution in [0.2, 0.25) is 0 Å². The highest BCUT2D eigenvalue weighted by Gasteiger charge is 2.34. The van der Waals surface area contributed by atoms with Gasteiger partial charge in [0.2, 0.25) is 5.91 Å². The van der Waals surface area contributed by atoms with E-state index in [-0.39, 0.29) is 17.9 Å². The molecule has 5 rings (SSSR count). The zero-order chi connectivity index (χ0) is 22.9. The van der Waals surface area contributed by atoms with E-state index in [1.165, 1.54) is 0 Å². The first kappa shape index (κ1) is 21.3. The van der Waals surface area contributed by atoms with Crippen molar-refractivity contribution in [3.63, 3.8) is 0 Å². The Hall–Kier alpha value is -3.55. The molecule has 0 aliphatic carbocycles. The Labute approximate surface area is 193 Å². The summed E-state index contributed by atoms with van der Waals surface area (Å²) in [5, 5.41) is 4.15. The minimum absolute atomic E-state index is 0.0519. The van der Waals surface area contributed by atoms with Crippen LogP contribution < -0.4 is 4.90 Å². The molecule has 4 heterocycles. The van der Waals surface area contributed by atoms with Gasteiger partial charge in [-0.3, -0.25) is 19.2 Å². The Balaban J connectivity index is 1.51. The van der Waals surface area contributed by atoms with Crippen LogP contribution in [0.4, 0.5) is 5.82 Å². The van der Waals surface area contributed by atoms with Gasteiger partial charge >= 0.3 is 0 Å². The first-order chi connectivity index (χ1) is 16.0. The molecule has 0 N–H and O–H groups in total. The molecule has 1 aromatic carbocycles. The number of hydrogen-bond donors (Lipinski definition) is 0. The van der Waals surface area contributed by atoms with Crippen molar-refractivity contribution in [3.05, 3.63) is 70.9 Å². The van der Waals surface area contributed by atoms with Crippen LogP contribution in [-0.4, -0.2) is 43.0 Å². The maximum atomic E-state index is 13.3. The van der Waals surface area contributed by atoms with E-state index in [4.69, 9.17) is 9.97 Å². The molecule has 8 nitrogen and oxygen atoms in total. The van der Waals surface area contributed by atoms with Crippen molar-refractivity contribution in [2.75, 3.05) is 11.4 Å². The molecular formula is C25H28N6O2. The van der Waals surface area contributed by atoms with Crippen LogP contribution in [-0.2, 0) is 24.8 Å². The second-order valence-corrected chi connectivity index (χ2v) is 8.85. The highest BCUT2D eigenvalue weighted by Crippen LogP contribution is 2.35. The van der Waals surface area contributed by atoms with E-state index in [1.54, 1.807) is 29.0 Å². The fourth-order valence-electron chi connectivity index (χ4n) is 4.82. The van der Waals surface area contributed by atoms with Crippen LogP contribution in [0.15, 0.2) is 42.7 Å². The number of carbonyl (C=O) groups is 2. The lowest BCUT2D eigenvalue weighted by Gasteiger charge is -2.36. The Kier molecular flexibility index (Phi) is 5.66. The third-order valence-corrected chi connectivity index (χ3v) is 6.55. The Morgan fingerprint density at radius 1 is 1.12 bits per heavy atom. The SMILES string of the molecule is Cc1nc([C@H]2CCCCN2C(=O)c2cnn(C)c2)nc2c1CCC(=O)N2Cc1ccccc1. The van der Waals surface area contributed by atoms with Crippen molar-refractivity contribution in [2.24, 2.45) is 7.05 Å². The fourth-order valence-corrected chi connectivity index (χ4v) is 4.82. The number of likely N-dealkylation sites (tertiary alicyclic amines) is 1. The van der Waals surface area contributed by atoms with E-state index in [9.17, 15) is 9.59 Å². The summed E-state index contributed by atoms with van der Waals surface area (Å²) in [6, 6.07) is 9.75. The number of nitrogens with zero attached hydrogens (tertiary/aromatic N) is 6. The topological polar surface area (TPSA) is 84.2 Å². The summed E-state index contributed by atoms with van der Waals surface area (Å²) in [5.41, 5.74) is 3.54. The largest absolute Gasteiger partial charge is 0.328 e. The van der Waals surface area contributed by atoms with Gasteiger partial charge in [0, 0.05) is 37.5 Å². The normalized spacial score (nSPS) is 18.4. The van der Waals surface area contributed by atoms with Crippen LogP contribution in [0, 0.1) is 6.92 Å². The highest BCUT2D eigenvalue weighted by molar-refractivity contribution is 5.95. The monoisotopic (exact) mass is 444 g/mol. The molecule has 0 saturated carbocycles. The van der Waals surface area contributed by atoms with Crippen molar-refractivity contribution in [2.45, 2.75) is 51.6 Å². The molecule has 170 valence electrons. The maximum absolute atomic E-state index is 13.3. The number of piperidine rings is 1. The highest BCUT2D eigenvalue weighted by atomic mass is 16.2. The molecule has 0 unspecified atom stereocenters. The summed E-state index contributed by atoms with van der Waals surface area (Å²) < 4.78 is 1.64. The molecule has 0 bridgehead atoms. The van der Waals surface area contributed by atoms with Gasteiger partial charge in [-0.2, -0.15) is 5.10 Å². The molecule has 1 atom stereocenters. The van der Waals surface area contributed by atoms with Gasteiger partial charge in [-0.25, -0.2) is 9.97 Å². The van der Waals surface area contributed by atoms with Gasteiger partial charge in [0.05, 0.1) is 24.3 Å². The number of aryl methyl sites for hydroxylation is 2. The molecule has 1 fully saturated rings. The van der Waals surface area contributed by atoms with Crippen molar-refractivity contribution in [1.82, 2.24) is 24.6 Å². The molecule has 8 heteroatoms. The Morgan fingerprint density at radius 2 is 1.94 bits per heavy atom. The Bertz CT molecular complexity index is 1190. The van der Waals surface area contributed by atoms with Crippen LogP contribution in [0.25, 0.3) is 0 Å².